The summed E-state index contributed by atoms with van der Waals surface area (Å²) in [5.41, 5.74) is 0.823. The van der Waals surface area contributed by atoms with Crippen LogP contribution in [0.4, 0.5) is 0 Å². The van der Waals surface area contributed by atoms with Crippen LogP contribution in [0.2, 0.25) is 0 Å². The Morgan fingerprint density at radius 1 is 0.865 bits per heavy atom. The van der Waals surface area contributed by atoms with Gasteiger partial charge in [0.1, 0.15) is 36.6 Å². The van der Waals surface area contributed by atoms with Crippen molar-refractivity contribution in [3.63, 3.8) is 0 Å². The number of benzene rings is 1. The molecule has 206 valence electrons. The summed E-state index contributed by atoms with van der Waals surface area (Å²) in [6.45, 7) is 7.38. The zero-order valence-corrected chi connectivity index (χ0v) is 21.6. The Labute approximate surface area is 215 Å². The molecule has 0 amide bonds. The van der Waals surface area contributed by atoms with E-state index >= 15 is 0 Å². The third kappa shape index (κ3) is 4.64. The fourth-order valence-electron chi connectivity index (χ4n) is 6.10. The van der Waals surface area contributed by atoms with Crippen molar-refractivity contribution in [3.8, 4) is 0 Å². The second-order valence-corrected chi connectivity index (χ2v) is 11.1. The fraction of sp³-hybridized carbons (Fsp3) is 0.769. The minimum atomic E-state index is -1.28. The molecule has 5 saturated heterocycles. The van der Waals surface area contributed by atoms with Gasteiger partial charge in [-0.2, -0.15) is 0 Å². The molecule has 2 N–H and O–H groups in total. The van der Waals surface area contributed by atoms with E-state index < -0.39 is 85.2 Å². The van der Waals surface area contributed by atoms with E-state index in [0.29, 0.717) is 0 Å². The van der Waals surface area contributed by atoms with Gasteiger partial charge in [-0.05, 0) is 27.7 Å². The second kappa shape index (κ2) is 9.46. The number of hydrogen-bond acceptors (Lipinski definition) is 11. The van der Waals surface area contributed by atoms with Crippen molar-refractivity contribution in [3.05, 3.63) is 35.9 Å². The van der Waals surface area contributed by atoms with Gasteiger partial charge in [0, 0.05) is 12.7 Å². The van der Waals surface area contributed by atoms with Gasteiger partial charge in [-0.25, -0.2) is 0 Å². The molecule has 0 saturated carbocycles. The smallest absolute Gasteiger partial charge is 0.190 e. The monoisotopic (exact) mass is 524 g/mol. The van der Waals surface area contributed by atoms with Crippen molar-refractivity contribution in [2.24, 2.45) is 5.92 Å². The molecule has 0 aromatic heterocycles. The summed E-state index contributed by atoms with van der Waals surface area (Å²) < 4.78 is 54.3. The Kier molecular flexibility index (Phi) is 6.65. The summed E-state index contributed by atoms with van der Waals surface area (Å²) in [5.74, 6) is -2.75. The quantitative estimate of drug-likeness (QED) is 0.591. The molecule has 5 heterocycles. The number of hydrogen-bond donors (Lipinski definition) is 2. The Morgan fingerprint density at radius 3 is 2.27 bits per heavy atom. The molecule has 5 aliphatic heterocycles. The number of rotatable bonds is 4. The molecule has 0 spiro atoms. The van der Waals surface area contributed by atoms with Crippen LogP contribution in [0, 0.1) is 5.92 Å². The van der Waals surface area contributed by atoms with Gasteiger partial charge in [0.25, 0.3) is 0 Å². The summed E-state index contributed by atoms with van der Waals surface area (Å²) in [5, 5.41) is 23.3. The average Bonchev–Trinajstić information content (AvgIpc) is 3.37. The Morgan fingerprint density at radius 2 is 1.54 bits per heavy atom. The first-order chi connectivity index (χ1) is 17.6. The van der Waals surface area contributed by atoms with Gasteiger partial charge in [-0.15, -0.1) is 0 Å². The lowest BCUT2D eigenvalue weighted by atomic mass is 9.81. The molecule has 0 bridgehead atoms. The molecule has 0 aliphatic carbocycles. The van der Waals surface area contributed by atoms with Crippen LogP contribution in [0.3, 0.4) is 0 Å². The zero-order chi connectivity index (χ0) is 26.1. The van der Waals surface area contributed by atoms with E-state index in [1.165, 1.54) is 7.11 Å². The first-order valence-corrected chi connectivity index (χ1v) is 12.8. The molecule has 37 heavy (non-hydrogen) atoms. The average molecular weight is 525 g/mol. The number of fused-ring (bicyclic) bond motifs is 4. The third-order valence-electron chi connectivity index (χ3n) is 7.64. The molecule has 11 nitrogen and oxygen atoms in total. The molecular formula is C26H36O11. The molecule has 5 aliphatic rings. The molecular weight excluding hydrogens is 488 g/mol. The van der Waals surface area contributed by atoms with Crippen LogP contribution < -0.4 is 0 Å². The molecule has 1 aromatic carbocycles. The highest BCUT2D eigenvalue weighted by Gasteiger charge is 2.64. The van der Waals surface area contributed by atoms with E-state index in [1.54, 1.807) is 27.7 Å². The minimum Gasteiger partial charge on any atom is -0.390 e. The predicted molar refractivity (Wildman–Crippen MR) is 124 cm³/mol. The van der Waals surface area contributed by atoms with E-state index in [2.05, 4.69) is 0 Å². The van der Waals surface area contributed by atoms with E-state index in [4.69, 9.17) is 42.6 Å². The Bertz CT molecular complexity index is 957. The number of ether oxygens (including phenoxy) is 9. The summed E-state index contributed by atoms with van der Waals surface area (Å²) in [6, 6.07) is 9.47. The molecule has 0 radical (unpaired) electrons. The van der Waals surface area contributed by atoms with E-state index in [9.17, 15) is 10.2 Å². The van der Waals surface area contributed by atoms with Gasteiger partial charge in [0.15, 0.2) is 30.4 Å². The number of methoxy groups -OCH3 is 1. The maximum Gasteiger partial charge on any atom is 0.190 e. The van der Waals surface area contributed by atoms with Gasteiger partial charge in [-0.3, -0.25) is 0 Å². The van der Waals surface area contributed by atoms with Crippen LogP contribution in [0.15, 0.2) is 30.3 Å². The zero-order valence-electron chi connectivity index (χ0n) is 21.6. The van der Waals surface area contributed by atoms with Gasteiger partial charge in [-0.1, -0.05) is 30.3 Å². The lowest BCUT2D eigenvalue weighted by Crippen LogP contribution is -2.66. The fourth-order valence-corrected chi connectivity index (χ4v) is 6.10. The summed E-state index contributed by atoms with van der Waals surface area (Å²) in [6.07, 6.45) is -8.87. The predicted octanol–water partition coefficient (Wildman–Crippen LogP) is 1.21. The van der Waals surface area contributed by atoms with Crippen molar-refractivity contribution in [1.82, 2.24) is 0 Å². The van der Waals surface area contributed by atoms with Crippen LogP contribution in [-0.2, 0) is 42.6 Å². The van der Waals surface area contributed by atoms with Crippen molar-refractivity contribution in [2.45, 2.75) is 107 Å². The molecule has 1 aromatic rings. The SMILES string of the molecule is CO[C@H]1O[C@@H]2CO[C@@H](c3ccccc3)O[C@H]2[C@H](O)[C@@H]1[C@@H](O)[C@H]1O[C@@H]2OC(C)(C)O[C@@H]2[C@H]2OC(C)(C)O[C@H]21. The maximum absolute atomic E-state index is 11.7. The highest BCUT2D eigenvalue weighted by molar-refractivity contribution is 5.17. The number of aliphatic hydroxyl groups is 2. The van der Waals surface area contributed by atoms with Crippen LogP contribution in [0.25, 0.3) is 0 Å². The lowest BCUT2D eigenvalue weighted by molar-refractivity contribution is -0.365. The van der Waals surface area contributed by atoms with Crippen LogP contribution in [-0.4, -0.2) is 96.9 Å². The van der Waals surface area contributed by atoms with Gasteiger partial charge in [0.05, 0.1) is 24.7 Å². The van der Waals surface area contributed by atoms with Gasteiger partial charge < -0.3 is 52.8 Å². The van der Waals surface area contributed by atoms with Crippen LogP contribution in [0.5, 0.6) is 0 Å². The van der Waals surface area contributed by atoms with Crippen molar-refractivity contribution < 1.29 is 52.8 Å². The van der Waals surface area contributed by atoms with Gasteiger partial charge >= 0.3 is 0 Å². The Hall–Kier alpha value is -1.22. The first kappa shape index (κ1) is 26.0. The maximum atomic E-state index is 11.7. The van der Waals surface area contributed by atoms with E-state index in [0.717, 1.165) is 5.56 Å². The standard InChI is InChI=1S/C26H36O11/c1-25(2)34-19-18(33-24-21(20(19)35-25)36-26(3,4)37-24)16(28)14-15(27)17-13(31-23(14)29-5)11-30-22(32-17)12-9-7-6-8-10-12/h6-10,13-24,27-28H,11H2,1-5H3/t13-,14-,15-,16-,17-,18-,19+,20+,21-,22-,23+,24-/m1/s1. The van der Waals surface area contributed by atoms with Crippen molar-refractivity contribution in [2.75, 3.05) is 13.7 Å². The Balaban J connectivity index is 1.26. The molecule has 6 rings (SSSR count). The van der Waals surface area contributed by atoms with Gasteiger partial charge in [0.2, 0.25) is 0 Å². The summed E-state index contributed by atoms with van der Waals surface area (Å²) >= 11 is 0. The third-order valence-corrected chi connectivity index (χ3v) is 7.64. The van der Waals surface area contributed by atoms with Crippen LogP contribution >= 0.6 is 0 Å². The largest absolute Gasteiger partial charge is 0.390 e. The first-order valence-electron chi connectivity index (χ1n) is 12.8. The highest BCUT2D eigenvalue weighted by atomic mass is 16.9. The number of aliphatic hydroxyl groups excluding tert-OH is 2. The van der Waals surface area contributed by atoms with Crippen molar-refractivity contribution in [1.29, 1.82) is 0 Å². The van der Waals surface area contributed by atoms with Crippen molar-refractivity contribution >= 4 is 0 Å². The summed E-state index contributed by atoms with van der Waals surface area (Å²) in [4.78, 5) is 0. The minimum absolute atomic E-state index is 0.198. The second-order valence-electron chi connectivity index (χ2n) is 11.1. The molecule has 12 atom stereocenters. The normalized spacial score (nSPS) is 47.1. The van der Waals surface area contributed by atoms with Crippen LogP contribution in [0.1, 0.15) is 39.5 Å². The molecule has 0 unspecified atom stereocenters. The summed E-state index contributed by atoms with van der Waals surface area (Å²) in [7, 11) is 1.46. The van der Waals surface area contributed by atoms with E-state index in [-0.39, 0.29) is 6.61 Å². The highest BCUT2D eigenvalue weighted by Crippen LogP contribution is 2.47. The molecule has 5 fully saturated rings. The topological polar surface area (TPSA) is 124 Å². The lowest BCUT2D eigenvalue weighted by Gasteiger charge is -2.50. The van der Waals surface area contributed by atoms with E-state index in [1.807, 2.05) is 30.3 Å². The molecule has 11 heteroatoms.